The van der Waals surface area contributed by atoms with Gasteiger partial charge in [0.1, 0.15) is 17.4 Å². The van der Waals surface area contributed by atoms with Crippen molar-refractivity contribution in [3.63, 3.8) is 0 Å². The van der Waals surface area contributed by atoms with Crippen molar-refractivity contribution in [2.24, 2.45) is 0 Å². The van der Waals surface area contributed by atoms with E-state index in [-0.39, 0.29) is 6.61 Å². The minimum atomic E-state index is -0.691. The van der Waals surface area contributed by atoms with Crippen LogP contribution in [0.1, 0.15) is 24.0 Å². The summed E-state index contributed by atoms with van der Waals surface area (Å²) in [5.74, 6) is -0.389. The molecule has 1 atom stereocenters. The lowest BCUT2D eigenvalue weighted by Crippen LogP contribution is -2.36. The van der Waals surface area contributed by atoms with Crippen molar-refractivity contribution >= 4 is 0 Å². The van der Waals surface area contributed by atoms with Gasteiger partial charge in [0.05, 0.1) is 26.4 Å². The highest BCUT2D eigenvalue weighted by molar-refractivity contribution is 5.32. The summed E-state index contributed by atoms with van der Waals surface area (Å²) in [4.78, 5) is 2.04. The average Bonchev–Trinajstić information content (AvgIpc) is 3.49. The highest BCUT2D eigenvalue weighted by Crippen LogP contribution is 2.29. The average molecular weight is 377 g/mol. The SMILES string of the molecule is COc1ccccc1COC[C@@H](O)CN(Cc1ccc(F)cc1F)C1CC1. The van der Waals surface area contributed by atoms with Crippen LogP contribution in [0.15, 0.2) is 42.5 Å². The van der Waals surface area contributed by atoms with Gasteiger partial charge < -0.3 is 14.6 Å². The van der Waals surface area contributed by atoms with E-state index >= 15 is 0 Å². The number of halogens is 2. The van der Waals surface area contributed by atoms with Crippen molar-refractivity contribution in [1.82, 2.24) is 4.90 Å². The maximum atomic E-state index is 13.9. The van der Waals surface area contributed by atoms with Crippen molar-refractivity contribution in [3.05, 3.63) is 65.2 Å². The molecule has 0 radical (unpaired) electrons. The Labute approximate surface area is 158 Å². The highest BCUT2D eigenvalue weighted by Gasteiger charge is 2.30. The van der Waals surface area contributed by atoms with Crippen LogP contribution in [0.3, 0.4) is 0 Å². The van der Waals surface area contributed by atoms with Gasteiger partial charge in [-0.25, -0.2) is 8.78 Å². The summed E-state index contributed by atoms with van der Waals surface area (Å²) in [6.45, 7) is 1.25. The Balaban J connectivity index is 1.51. The van der Waals surface area contributed by atoms with Gasteiger partial charge in [0, 0.05) is 36.3 Å². The van der Waals surface area contributed by atoms with Crippen LogP contribution in [-0.4, -0.2) is 42.4 Å². The molecular formula is C21H25F2NO3. The Hall–Kier alpha value is -2.02. The number of ether oxygens (including phenoxy) is 2. The fourth-order valence-electron chi connectivity index (χ4n) is 3.10. The van der Waals surface area contributed by atoms with E-state index in [4.69, 9.17) is 9.47 Å². The molecule has 6 heteroatoms. The van der Waals surface area contributed by atoms with Crippen LogP contribution >= 0.6 is 0 Å². The first kappa shape index (κ1) is 19.7. The maximum Gasteiger partial charge on any atom is 0.130 e. The molecule has 2 aromatic rings. The third-order valence-electron chi connectivity index (χ3n) is 4.66. The van der Waals surface area contributed by atoms with E-state index < -0.39 is 17.7 Å². The fraction of sp³-hybridized carbons (Fsp3) is 0.429. The fourth-order valence-corrected chi connectivity index (χ4v) is 3.10. The van der Waals surface area contributed by atoms with Crippen molar-refractivity contribution in [1.29, 1.82) is 0 Å². The molecular weight excluding hydrogens is 352 g/mol. The first-order valence-corrected chi connectivity index (χ1v) is 9.12. The third-order valence-corrected chi connectivity index (χ3v) is 4.66. The number of rotatable bonds is 10. The van der Waals surface area contributed by atoms with Crippen LogP contribution in [0, 0.1) is 11.6 Å². The molecule has 2 aromatic carbocycles. The molecule has 0 bridgehead atoms. The Kier molecular flexibility index (Phi) is 6.77. The number of hydrogen-bond donors (Lipinski definition) is 1. The van der Waals surface area contributed by atoms with Gasteiger partial charge in [-0.3, -0.25) is 4.90 Å². The second-order valence-corrected chi connectivity index (χ2v) is 6.88. The van der Waals surface area contributed by atoms with E-state index in [0.29, 0.717) is 31.3 Å². The van der Waals surface area contributed by atoms with Crippen LogP contribution in [0.2, 0.25) is 0 Å². The van der Waals surface area contributed by atoms with Crippen molar-refractivity contribution in [2.45, 2.75) is 38.1 Å². The first-order chi connectivity index (χ1) is 13.1. The summed E-state index contributed by atoms with van der Waals surface area (Å²) in [6, 6.07) is 11.5. The molecule has 0 heterocycles. The molecule has 1 fully saturated rings. The molecule has 1 saturated carbocycles. The van der Waals surface area contributed by atoms with Gasteiger partial charge in [-0.2, -0.15) is 0 Å². The number of benzene rings is 2. The smallest absolute Gasteiger partial charge is 0.130 e. The Bertz CT molecular complexity index is 752. The van der Waals surface area contributed by atoms with Gasteiger partial charge in [-0.05, 0) is 25.0 Å². The summed E-state index contributed by atoms with van der Waals surface area (Å²) < 4.78 is 37.9. The Morgan fingerprint density at radius 1 is 1.15 bits per heavy atom. The van der Waals surface area contributed by atoms with Crippen molar-refractivity contribution in [3.8, 4) is 5.75 Å². The van der Waals surface area contributed by atoms with Crippen molar-refractivity contribution in [2.75, 3.05) is 20.3 Å². The van der Waals surface area contributed by atoms with E-state index in [2.05, 4.69) is 0 Å². The van der Waals surface area contributed by atoms with Gasteiger partial charge in [0.25, 0.3) is 0 Å². The monoisotopic (exact) mass is 377 g/mol. The predicted molar refractivity (Wildman–Crippen MR) is 98.4 cm³/mol. The number of aliphatic hydroxyl groups excluding tert-OH is 1. The zero-order chi connectivity index (χ0) is 19.2. The lowest BCUT2D eigenvalue weighted by molar-refractivity contribution is 0.00643. The summed E-state index contributed by atoms with van der Waals surface area (Å²) >= 11 is 0. The largest absolute Gasteiger partial charge is 0.496 e. The van der Waals surface area contributed by atoms with Gasteiger partial charge in [0.2, 0.25) is 0 Å². The first-order valence-electron chi connectivity index (χ1n) is 9.12. The van der Waals surface area contributed by atoms with Crippen LogP contribution in [-0.2, 0) is 17.9 Å². The molecule has 4 nitrogen and oxygen atoms in total. The minimum Gasteiger partial charge on any atom is -0.496 e. The normalized spacial score (nSPS) is 15.1. The molecule has 0 unspecified atom stereocenters. The number of para-hydroxylation sites is 1. The molecule has 0 aliphatic heterocycles. The standard InChI is InChI=1S/C21H25F2NO3/c1-26-21-5-3-2-4-16(21)13-27-14-19(25)12-24(18-8-9-18)11-15-6-7-17(22)10-20(15)23/h2-7,10,18-19,25H,8-9,11-14H2,1H3/t19-/m0/s1. The van der Waals surface area contributed by atoms with Crippen LogP contribution in [0.4, 0.5) is 8.78 Å². The Morgan fingerprint density at radius 3 is 2.63 bits per heavy atom. The molecule has 1 N–H and O–H groups in total. The highest BCUT2D eigenvalue weighted by atomic mass is 19.1. The molecule has 1 aliphatic rings. The van der Waals surface area contributed by atoms with Gasteiger partial charge in [-0.1, -0.05) is 24.3 Å². The summed E-state index contributed by atoms with van der Waals surface area (Å²) in [7, 11) is 1.61. The number of methoxy groups -OCH3 is 1. The molecule has 3 rings (SSSR count). The molecule has 0 saturated heterocycles. The topological polar surface area (TPSA) is 41.9 Å². The second-order valence-electron chi connectivity index (χ2n) is 6.88. The van der Waals surface area contributed by atoms with E-state index in [9.17, 15) is 13.9 Å². The zero-order valence-corrected chi connectivity index (χ0v) is 15.4. The molecule has 0 amide bonds. The third kappa shape index (κ3) is 5.73. The lowest BCUT2D eigenvalue weighted by atomic mass is 10.2. The summed E-state index contributed by atoms with van der Waals surface area (Å²) in [5, 5.41) is 10.3. The Morgan fingerprint density at radius 2 is 1.93 bits per heavy atom. The van der Waals surface area contributed by atoms with Gasteiger partial charge in [0.15, 0.2) is 0 Å². The van der Waals surface area contributed by atoms with Crippen molar-refractivity contribution < 1.29 is 23.4 Å². The van der Waals surface area contributed by atoms with E-state index in [1.165, 1.54) is 12.1 Å². The van der Waals surface area contributed by atoms with E-state index in [1.807, 2.05) is 29.2 Å². The number of nitrogens with zero attached hydrogens (tertiary/aromatic N) is 1. The van der Waals surface area contributed by atoms with Crippen LogP contribution in [0.5, 0.6) is 5.75 Å². The second kappa shape index (κ2) is 9.26. The summed E-state index contributed by atoms with van der Waals surface area (Å²) in [6.07, 6.45) is 1.36. The van der Waals surface area contributed by atoms with Crippen LogP contribution < -0.4 is 4.74 Å². The molecule has 1 aliphatic carbocycles. The number of hydrogen-bond acceptors (Lipinski definition) is 4. The maximum absolute atomic E-state index is 13.9. The van der Waals surface area contributed by atoms with Gasteiger partial charge in [-0.15, -0.1) is 0 Å². The minimum absolute atomic E-state index is 0.174. The van der Waals surface area contributed by atoms with E-state index in [1.54, 1.807) is 7.11 Å². The molecule has 27 heavy (non-hydrogen) atoms. The zero-order valence-electron chi connectivity index (χ0n) is 15.4. The quantitative estimate of drug-likeness (QED) is 0.688. The number of aliphatic hydroxyl groups is 1. The lowest BCUT2D eigenvalue weighted by Gasteiger charge is -2.25. The molecule has 146 valence electrons. The summed E-state index contributed by atoms with van der Waals surface area (Å²) in [5.41, 5.74) is 1.35. The molecule has 0 aromatic heterocycles. The van der Waals surface area contributed by atoms with Crippen LogP contribution in [0.25, 0.3) is 0 Å². The molecule has 0 spiro atoms. The van der Waals surface area contributed by atoms with Gasteiger partial charge >= 0.3 is 0 Å². The van der Waals surface area contributed by atoms with E-state index in [0.717, 1.165) is 30.2 Å². The predicted octanol–water partition coefficient (Wildman–Crippen LogP) is 3.52.